The Bertz CT molecular complexity index is 5610. The van der Waals surface area contributed by atoms with Crippen LogP contribution in [0.25, 0.3) is 153 Å². The van der Waals surface area contributed by atoms with Crippen LogP contribution in [-0.4, -0.2) is 30.0 Å². The van der Waals surface area contributed by atoms with E-state index in [2.05, 4.69) is 291 Å². The van der Waals surface area contributed by atoms with Gasteiger partial charge in [-0.15, -0.1) is 0 Å². The van der Waals surface area contributed by atoms with Crippen LogP contribution in [0.2, 0.25) is 0 Å². The average Bonchev–Trinajstić information content (AvgIpc) is 1.80. The van der Waals surface area contributed by atoms with Crippen LogP contribution in [0.1, 0.15) is 52.7 Å². The molecule has 6 heteroatoms. The molecule has 0 saturated carbocycles. The number of nitrogens with zero attached hydrogens (tertiary/aromatic N) is 5. The maximum Gasteiger partial charge on any atom is 0.252 e. The largest absolute Gasteiger partial charge is 0.310 e. The summed E-state index contributed by atoms with van der Waals surface area (Å²) >= 11 is 0. The number of fused-ring (bicyclic) bond motifs is 23. The van der Waals surface area contributed by atoms with Crippen molar-refractivity contribution in [1.29, 1.82) is 0 Å². The van der Waals surface area contributed by atoms with Crippen molar-refractivity contribution in [1.82, 2.24) is 23.3 Å². The van der Waals surface area contributed by atoms with E-state index in [0.29, 0.717) is 0 Å². The van der Waals surface area contributed by atoms with Gasteiger partial charge >= 0.3 is 0 Å². The molecule has 0 unspecified atom stereocenters. The van der Waals surface area contributed by atoms with Crippen LogP contribution in [0.3, 0.4) is 0 Å². The van der Waals surface area contributed by atoms with E-state index in [4.69, 9.17) is 4.98 Å². The molecule has 400 valence electrons. The lowest BCUT2D eigenvalue weighted by atomic mass is 9.34. The first kappa shape index (κ1) is 47.3. The third-order valence-corrected chi connectivity index (χ3v) is 19.7. The quantitative estimate of drug-likeness (QED) is 0.128. The average molecular weight is 1090 g/mol. The minimum atomic E-state index is -0.111. The summed E-state index contributed by atoms with van der Waals surface area (Å²) in [4.78, 5) is 5.33. The maximum atomic E-state index is 5.33. The molecule has 2 aliphatic heterocycles. The Kier molecular flexibility index (Phi) is 9.10. The first-order valence-electron chi connectivity index (χ1n) is 30.1. The minimum absolute atomic E-state index is 0.0489. The summed E-state index contributed by atoms with van der Waals surface area (Å²) in [6.45, 7) is 14.1. The molecule has 0 aliphatic carbocycles. The topological polar surface area (TPSA) is 32.6 Å². The van der Waals surface area contributed by atoms with E-state index in [9.17, 15) is 0 Å². The molecule has 2 aliphatic rings. The second-order valence-corrected chi connectivity index (χ2v) is 26.2. The van der Waals surface area contributed by atoms with Crippen LogP contribution < -0.4 is 16.4 Å². The summed E-state index contributed by atoms with van der Waals surface area (Å²) in [7, 11) is 0. The van der Waals surface area contributed by atoms with Crippen LogP contribution >= 0.6 is 0 Å². The second kappa shape index (κ2) is 16.3. The number of hydrogen-bond acceptors (Lipinski definition) is 1. The van der Waals surface area contributed by atoms with E-state index < -0.39 is 0 Å². The van der Waals surface area contributed by atoms with Crippen molar-refractivity contribution in [2.45, 2.75) is 52.4 Å². The predicted octanol–water partition coefficient (Wildman–Crippen LogP) is 18.3. The van der Waals surface area contributed by atoms with Gasteiger partial charge in [-0.05, 0) is 132 Å². The second-order valence-electron chi connectivity index (χ2n) is 26.2. The summed E-state index contributed by atoms with van der Waals surface area (Å²) < 4.78 is 10.3. The zero-order valence-corrected chi connectivity index (χ0v) is 48.3. The fourth-order valence-electron chi connectivity index (χ4n) is 16.0. The molecule has 12 aromatic carbocycles. The number of benzene rings is 12. The summed E-state index contributed by atoms with van der Waals surface area (Å²) in [5.41, 5.74) is 22.8. The number of hydrogen-bond donors (Lipinski definition) is 0. The lowest BCUT2D eigenvalue weighted by Crippen LogP contribution is -2.59. The van der Waals surface area contributed by atoms with Gasteiger partial charge in [-0.1, -0.05) is 199 Å². The SMILES string of the molecule is CC(C)(C)c1ccc2c(c1)c1cc(C(C)(C)C)cc3c1n2-c1cc(-c2c(-n4c5ccccc5c5ccccc54)cncc2-n2c4ccccc4c4ccccc42)cc2c1B3c1cccc3c4c5c6ccccc6c6ccccc6c5ccc4n-2c13. The normalized spacial score (nSPS) is 13.3. The van der Waals surface area contributed by atoms with Gasteiger partial charge in [0.1, 0.15) is 0 Å². The Hall–Kier alpha value is -10.2. The van der Waals surface area contributed by atoms with E-state index in [0.717, 1.165) is 44.6 Å². The van der Waals surface area contributed by atoms with E-state index in [1.165, 1.54) is 136 Å². The highest BCUT2D eigenvalue weighted by Crippen LogP contribution is 2.49. The third kappa shape index (κ3) is 6.10. The molecule has 85 heavy (non-hydrogen) atoms. The lowest BCUT2D eigenvalue weighted by molar-refractivity contribution is 0.590. The first-order chi connectivity index (χ1) is 41.5. The van der Waals surface area contributed by atoms with Crippen molar-refractivity contribution >= 4 is 143 Å². The monoisotopic (exact) mass is 1090 g/mol. The number of para-hydroxylation sites is 5. The number of aromatic nitrogens is 5. The zero-order valence-electron chi connectivity index (χ0n) is 48.3. The molecule has 0 N–H and O–H groups in total. The molecular formula is C79H56BN5. The highest BCUT2D eigenvalue weighted by Gasteiger charge is 2.43. The summed E-state index contributed by atoms with van der Waals surface area (Å²) in [6, 6.07) is 83.3. The molecule has 7 heterocycles. The van der Waals surface area contributed by atoms with E-state index in [1.54, 1.807) is 0 Å². The van der Waals surface area contributed by atoms with Gasteiger partial charge in [-0.25, -0.2) is 0 Å². The molecule has 17 aromatic rings. The van der Waals surface area contributed by atoms with Gasteiger partial charge < -0.3 is 18.3 Å². The fraction of sp³-hybridized carbons (Fsp3) is 0.101. The van der Waals surface area contributed by atoms with Crippen LogP contribution in [-0.2, 0) is 10.8 Å². The third-order valence-electron chi connectivity index (χ3n) is 19.7. The van der Waals surface area contributed by atoms with Crippen LogP contribution in [0.4, 0.5) is 0 Å². The maximum absolute atomic E-state index is 5.33. The van der Waals surface area contributed by atoms with Gasteiger partial charge in [-0.3, -0.25) is 4.98 Å². The standard InChI is InChI=1S/C79H56BN5/c1-78(2,3)46-34-36-66-58(40-46)59-41-47(79(4,5)6)42-61-77(59)84(66)68-38-45(39-69-75(68)80(61)60-29-19-28-57-74-67(85(69)76(57)60)37-35-56-50-22-8-7-20-48(50)49-21-9-10-27-55(49)73(56)74)72-70(82-62-30-15-11-23-51(62)52-24-12-16-31-63(52)82)43-81-44-71(72)83-64-32-17-13-25-53(64)54-26-14-18-33-65(54)83/h7-44H,1-6H3. The lowest BCUT2D eigenvalue weighted by Gasteiger charge is -2.35. The van der Waals surface area contributed by atoms with Crippen molar-refractivity contribution in [3.63, 3.8) is 0 Å². The van der Waals surface area contributed by atoms with Gasteiger partial charge in [0.15, 0.2) is 0 Å². The molecule has 0 radical (unpaired) electrons. The molecule has 0 spiro atoms. The number of rotatable bonds is 3. The molecule has 0 amide bonds. The van der Waals surface area contributed by atoms with Crippen molar-refractivity contribution in [3.8, 4) is 33.9 Å². The van der Waals surface area contributed by atoms with Crippen LogP contribution in [0.15, 0.2) is 231 Å². The Balaban J connectivity index is 1.04. The number of pyridine rings is 1. The van der Waals surface area contributed by atoms with Crippen molar-refractivity contribution in [2.75, 3.05) is 0 Å². The van der Waals surface area contributed by atoms with Crippen LogP contribution in [0, 0.1) is 0 Å². The first-order valence-corrected chi connectivity index (χ1v) is 30.1. The van der Waals surface area contributed by atoms with Crippen molar-refractivity contribution in [3.05, 3.63) is 242 Å². The molecule has 0 bridgehead atoms. The van der Waals surface area contributed by atoms with Gasteiger partial charge in [-0.2, -0.15) is 0 Å². The van der Waals surface area contributed by atoms with Crippen molar-refractivity contribution < 1.29 is 0 Å². The van der Waals surface area contributed by atoms with Gasteiger partial charge in [0.2, 0.25) is 0 Å². The summed E-state index contributed by atoms with van der Waals surface area (Å²) in [6.07, 6.45) is 4.25. The van der Waals surface area contributed by atoms with Gasteiger partial charge in [0.25, 0.3) is 6.71 Å². The summed E-state index contributed by atoms with van der Waals surface area (Å²) in [5, 5.41) is 17.7. The Morgan fingerprint density at radius 2 is 0.741 bits per heavy atom. The summed E-state index contributed by atoms with van der Waals surface area (Å²) in [5.74, 6) is 0. The van der Waals surface area contributed by atoms with E-state index in [1.807, 2.05) is 0 Å². The van der Waals surface area contributed by atoms with Crippen molar-refractivity contribution in [2.24, 2.45) is 0 Å². The molecule has 0 fully saturated rings. The minimum Gasteiger partial charge on any atom is -0.310 e. The zero-order chi connectivity index (χ0) is 56.5. The smallest absolute Gasteiger partial charge is 0.252 e. The predicted molar refractivity (Wildman–Crippen MR) is 362 cm³/mol. The highest BCUT2D eigenvalue weighted by molar-refractivity contribution is 7.00. The Morgan fingerprint density at radius 1 is 0.306 bits per heavy atom. The van der Waals surface area contributed by atoms with Gasteiger partial charge in [0, 0.05) is 76.4 Å². The highest BCUT2D eigenvalue weighted by atomic mass is 15.1. The van der Waals surface area contributed by atoms with E-state index in [-0.39, 0.29) is 17.5 Å². The Morgan fingerprint density at radius 3 is 1.29 bits per heavy atom. The molecule has 19 rings (SSSR count). The van der Waals surface area contributed by atoms with Gasteiger partial charge in [0.05, 0.1) is 56.9 Å². The fourth-order valence-corrected chi connectivity index (χ4v) is 16.0. The molecule has 0 saturated heterocycles. The molecular weight excluding hydrogens is 1030 g/mol. The van der Waals surface area contributed by atoms with Crippen LogP contribution in [0.5, 0.6) is 0 Å². The molecule has 5 nitrogen and oxygen atoms in total. The van der Waals surface area contributed by atoms with E-state index >= 15 is 0 Å². The molecule has 0 atom stereocenters. The Labute approximate surface area is 491 Å². The molecule has 5 aromatic heterocycles.